The van der Waals surface area contributed by atoms with E-state index in [1.807, 2.05) is 41.9 Å². The molecule has 3 heterocycles. The third kappa shape index (κ3) is 2.26. The van der Waals surface area contributed by atoms with Gasteiger partial charge in [0, 0.05) is 25.4 Å². The summed E-state index contributed by atoms with van der Waals surface area (Å²) < 4.78 is 1.85. The first-order valence-corrected chi connectivity index (χ1v) is 7.07. The molecule has 0 bridgehead atoms. The molecule has 6 nitrogen and oxygen atoms in total. The number of hydrogen-bond donors (Lipinski definition) is 1. The van der Waals surface area contributed by atoms with E-state index in [2.05, 4.69) is 4.98 Å². The van der Waals surface area contributed by atoms with Crippen LogP contribution in [0.25, 0.3) is 5.65 Å². The number of carboxylic acid groups (broad SMARTS) is 1. The summed E-state index contributed by atoms with van der Waals surface area (Å²) >= 11 is 0. The summed E-state index contributed by atoms with van der Waals surface area (Å²) in [6, 6.07) is 5.13. The maximum atomic E-state index is 12.1. The fourth-order valence-corrected chi connectivity index (χ4v) is 3.05. The van der Waals surface area contributed by atoms with E-state index in [0.29, 0.717) is 18.7 Å². The SMILES string of the molecule is CCN1C(=O)CCC(C(=O)O)C1c1cn2ccccc2n1. The zero-order valence-corrected chi connectivity index (χ0v) is 11.8. The zero-order valence-electron chi connectivity index (χ0n) is 11.8. The van der Waals surface area contributed by atoms with Gasteiger partial charge in [-0.1, -0.05) is 6.07 Å². The van der Waals surface area contributed by atoms with Gasteiger partial charge in [0.1, 0.15) is 5.65 Å². The monoisotopic (exact) mass is 287 g/mol. The number of aliphatic carboxylic acids is 1. The van der Waals surface area contributed by atoms with Gasteiger partial charge in [-0.05, 0) is 25.5 Å². The highest BCUT2D eigenvalue weighted by Crippen LogP contribution is 2.36. The van der Waals surface area contributed by atoms with Gasteiger partial charge in [0.2, 0.25) is 5.91 Å². The fourth-order valence-electron chi connectivity index (χ4n) is 3.05. The van der Waals surface area contributed by atoms with E-state index < -0.39 is 17.9 Å². The molecule has 3 rings (SSSR count). The van der Waals surface area contributed by atoms with E-state index in [9.17, 15) is 14.7 Å². The molecular weight excluding hydrogens is 270 g/mol. The number of nitrogens with zero attached hydrogens (tertiary/aromatic N) is 3. The van der Waals surface area contributed by atoms with Crippen molar-refractivity contribution in [3.63, 3.8) is 0 Å². The molecular formula is C15H17N3O3. The lowest BCUT2D eigenvalue weighted by molar-refractivity contribution is -0.152. The molecule has 1 fully saturated rings. The Morgan fingerprint density at radius 3 is 2.95 bits per heavy atom. The first-order valence-electron chi connectivity index (χ1n) is 7.07. The summed E-state index contributed by atoms with van der Waals surface area (Å²) in [6.45, 7) is 2.35. The van der Waals surface area contributed by atoms with Crippen LogP contribution in [0, 0.1) is 5.92 Å². The van der Waals surface area contributed by atoms with Crippen molar-refractivity contribution in [3.8, 4) is 0 Å². The Hall–Kier alpha value is -2.37. The second-order valence-electron chi connectivity index (χ2n) is 5.24. The van der Waals surface area contributed by atoms with Crippen LogP contribution in [0.4, 0.5) is 0 Å². The molecule has 0 radical (unpaired) electrons. The first-order chi connectivity index (χ1) is 10.1. The topological polar surface area (TPSA) is 74.9 Å². The van der Waals surface area contributed by atoms with Gasteiger partial charge < -0.3 is 14.4 Å². The van der Waals surface area contributed by atoms with Crippen molar-refractivity contribution in [3.05, 3.63) is 36.3 Å². The Bertz CT molecular complexity index is 659. The standard InChI is InChI=1S/C15H17N3O3/c1-2-18-13(19)7-6-10(15(20)21)14(18)11-9-17-8-4-3-5-12(17)16-11/h3-5,8-10,14H,2,6-7H2,1H3,(H,20,21). The molecule has 1 saturated heterocycles. The summed E-state index contributed by atoms with van der Waals surface area (Å²) in [5.74, 6) is -1.48. The van der Waals surface area contributed by atoms with Gasteiger partial charge in [-0.2, -0.15) is 0 Å². The van der Waals surface area contributed by atoms with Crippen molar-refractivity contribution in [2.75, 3.05) is 6.54 Å². The molecule has 2 unspecified atom stereocenters. The predicted molar refractivity (Wildman–Crippen MR) is 75.7 cm³/mol. The molecule has 6 heteroatoms. The van der Waals surface area contributed by atoms with Crippen LogP contribution in [-0.4, -0.2) is 37.8 Å². The van der Waals surface area contributed by atoms with Crippen LogP contribution in [0.1, 0.15) is 31.5 Å². The van der Waals surface area contributed by atoms with Crippen LogP contribution in [-0.2, 0) is 9.59 Å². The normalized spacial score (nSPS) is 22.7. The van der Waals surface area contributed by atoms with Gasteiger partial charge in [0.05, 0.1) is 17.7 Å². The van der Waals surface area contributed by atoms with Crippen molar-refractivity contribution in [1.29, 1.82) is 0 Å². The summed E-state index contributed by atoms with van der Waals surface area (Å²) in [4.78, 5) is 29.8. The summed E-state index contributed by atoms with van der Waals surface area (Å²) in [5, 5.41) is 9.47. The molecule has 2 aromatic heterocycles. The molecule has 2 aromatic rings. The minimum absolute atomic E-state index is 0.00273. The number of carbonyl (C=O) groups is 2. The number of aromatic nitrogens is 2. The number of amides is 1. The number of hydrogen-bond acceptors (Lipinski definition) is 3. The highest BCUT2D eigenvalue weighted by molar-refractivity contribution is 5.81. The van der Waals surface area contributed by atoms with E-state index in [-0.39, 0.29) is 12.3 Å². The van der Waals surface area contributed by atoms with Crippen molar-refractivity contribution >= 4 is 17.5 Å². The molecule has 0 aliphatic carbocycles. The molecule has 1 amide bonds. The smallest absolute Gasteiger partial charge is 0.309 e. The highest BCUT2D eigenvalue weighted by Gasteiger charge is 2.41. The lowest BCUT2D eigenvalue weighted by atomic mass is 9.87. The molecule has 2 atom stereocenters. The number of imidazole rings is 1. The second-order valence-corrected chi connectivity index (χ2v) is 5.24. The van der Waals surface area contributed by atoms with Crippen molar-refractivity contribution in [2.45, 2.75) is 25.8 Å². The van der Waals surface area contributed by atoms with Crippen LogP contribution < -0.4 is 0 Å². The van der Waals surface area contributed by atoms with Gasteiger partial charge in [0.25, 0.3) is 0 Å². The minimum Gasteiger partial charge on any atom is -0.481 e. The van der Waals surface area contributed by atoms with Crippen molar-refractivity contribution in [2.24, 2.45) is 5.92 Å². The van der Waals surface area contributed by atoms with E-state index in [1.165, 1.54) is 0 Å². The molecule has 0 saturated carbocycles. The lowest BCUT2D eigenvalue weighted by Crippen LogP contribution is -2.45. The summed E-state index contributed by atoms with van der Waals surface area (Å²) in [6.07, 6.45) is 4.33. The van der Waals surface area contributed by atoms with Crippen molar-refractivity contribution < 1.29 is 14.7 Å². The van der Waals surface area contributed by atoms with Crippen LogP contribution in [0.5, 0.6) is 0 Å². The van der Waals surface area contributed by atoms with Gasteiger partial charge >= 0.3 is 5.97 Å². The number of likely N-dealkylation sites (tertiary alicyclic amines) is 1. The Morgan fingerprint density at radius 1 is 1.48 bits per heavy atom. The fraction of sp³-hybridized carbons (Fsp3) is 0.400. The summed E-state index contributed by atoms with van der Waals surface area (Å²) in [7, 11) is 0. The number of carboxylic acids is 1. The van der Waals surface area contributed by atoms with E-state index >= 15 is 0 Å². The third-order valence-electron chi connectivity index (χ3n) is 4.05. The maximum Gasteiger partial charge on any atom is 0.309 e. The second kappa shape index (κ2) is 5.20. The highest BCUT2D eigenvalue weighted by atomic mass is 16.4. The molecule has 110 valence electrons. The number of carbonyl (C=O) groups excluding carboxylic acids is 1. The van der Waals surface area contributed by atoms with Crippen molar-refractivity contribution in [1.82, 2.24) is 14.3 Å². The van der Waals surface area contributed by atoms with E-state index in [0.717, 1.165) is 5.65 Å². The molecule has 1 aliphatic rings. The molecule has 0 spiro atoms. The summed E-state index contributed by atoms with van der Waals surface area (Å²) in [5.41, 5.74) is 1.40. The largest absolute Gasteiger partial charge is 0.481 e. The first kappa shape index (κ1) is 13.6. The van der Waals surface area contributed by atoms with Crippen LogP contribution in [0.3, 0.4) is 0 Å². The minimum atomic E-state index is -0.872. The molecule has 1 aliphatic heterocycles. The Kier molecular flexibility index (Phi) is 3.37. The lowest BCUT2D eigenvalue weighted by Gasteiger charge is -2.37. The third-order valence-corrected chi connectivity index (χ3v) is 4.05. The van der Waals surface area contributed by atoms with Crippen LogP contribution in [0.15, 0.2) is 30.6 Å². The van der Waals surface area contributed by atoms with Gasteiger partial charge in [-0.25, -0.2) is 4.98 Å². The molecule has 0 aromatic carbocycles. The number of pyridine rings is 1. The number of rotatable bonds is 3. The predicted octanol–water partition coefficient (Wildman–Crippen LogP) is 1.72. The quantitative estimate of drug-likeness (QED) is 0.932. The molecule has 21 heavy (non-hydrogen) atoms. The Balaban J connectivity index is 2.08. The zero-order chi connectivity index (χ0) is 15.0. The Morgan fingerprint density at radius 2 is 2.29 bits per heavy atom. The number of fused-ring (bicyclic) bond motifs is 1. The Labute approximate surface area is 122 Å². The van der Waals surface area contributed by atoms with Gasteiger partial charge in [-0.3, -0.25) is 9.59 Å². The van der Waals surface area contributed by atoms with E-state index in [4.69, 9.17) is 0 Å². The van der Waals surface area contributed by atoms with Gasteiger partial charge in [0.15, 0.2) is 0 Å². The van der Waals surface area contributed by atoms with Crippen LogP contribution >= 0.6 is 0 Å². The van der Waals surface area contributed by atoms with Gasteiger partial charge in [-0.15, -0.1) is 0 Å². The maximum absolute atomic E-state index is 12.1. The van der Waals surface area contributed by atoms with Crippen LogP contribution in [0.2, 0.25) is 0 Å². The number of piperidine rings is 1. The molecule has 1 N–H and O–H groups in total. The average Bonchev–Trinajstić information content (AvgIpc) is 2.90. The average molecular weight is 287 g/mol. The van der Waals surface area contributed by atoms with E-state index in [1.54, 1.807) is 4.90 Å².